The van der Waals surface area contributed by atoms with Gasteiger partial charge < -0.3 is 4.90 Å². The van der Waals surface area contributed by atoms with E-state index in [0.717, 1.165) is 4.88 Å². The van der Waals surface area contributed by atoms with Gasteiger partial charge in [0.2, 0.25) is 15.9 Å². The second kappa shape index (κ2) is 7.23. The van der Waals surface area contributed by atoms with Crippen LogP contribution < -0.4 is 0 Å². The molecule has 1 aromatic carbocycles. The van der Waals surface area contributed by atoms with Crippen LogP contribution in [0.3, 0.4) is 0 Å². The second-order valence-electron chi connectivity index (χ2n) is 5.50. The highest BCUT2D eigenvalue weighted by Crippen LogP contribution is 2.21. The Morgan fingerprint density at radius 3 is 2.50 bits per heavy atom. The van der Waals surface area contributed by atoms with Crippen LogP contribution in [-0.4, -0.2) is 49.7 Å². The summed E-state index contributed by atoms with van der Waals surface area (Å²) < 4.78 is 26.7. The van der Waals surface area contributed by atoms with E-state index in [1.807, 2.05) is 17.5 Å². The molecule has 1 aromatic heterocycles. The maximum atomic E-state index is 12.6. The molecule has 0 radical (unpaired) electrons. The van der Waals surface area contributed by atoms with Crippen molar-refractivity contribution in [2.75, 3.05) is 26.2 Å². The lowest BCUT2D eigenvalue weighted by Crippen LogP contribution is -2.50. The van der Waals surface area contributed by atoms with Gasteiger partial charge >= 0.3 is 0 Å². The quantitative estimate of drug-likeness (QED) is 0.813. The number of hydrogen-bond donors (Lipinski definition) is 0. The van der Waals surface area contributed by atoms with E-state index in [9.17, 15) is 13.2 Å². The molecule has 0 spiro atoms. The molecule has 0 atom stereocenters. The third-order valence-corrected chi connectivity index (χ3v) is 6.94. The first kappa shape index (κ1) is 17.4. The molecule has 1 aliphatic rings. The Bertz CT molecular complexity index is 814. The predicted molar refractivity (Wildman–Crippen MR) is 94.8 cm³/mol. The van der Waals surface area contributed by atoms with Crippen molar-refractivity contribution < 1.29 is 13.2 Å². The Kier molecular flexibility index (Phi) is 5.24. The lowest BCUT2D eigenvalue weighted by molar-refractivity contribution is -0.131. The van der Waals surface area contributed by atoms with Crippen LogP contribution in [0.25, 0.3) is 0 Å². The van der Waals surface area contributed by atoms with Crippen LogP contribution in [0.15, 0.2) is 46.7 Å². The number of carbonyl (C=O) groups excluding carboxylic acids is 1. The molecule has 1 saturated heterocycles. The molecule has 1 aliphatic heterocycles. The number of hydrogen-bond acceptors (Lipinski definition) is 4. The first-order chi connectivity index (χ1) is 11.5. The minimum absolute atomic E-state index is 0.0391. The summed E-state index contributed by atoms with van der Waals surface area (Å²) in [6.07, 6.45) is 0.374. The van der Waals surface area contributed by atoms with Crippen molar-refractivity contribution in [3.8, 4) is 0 Å². The van der Waals surface area contributed by atoms with Crippen LogP contribution in [0.5, 0.6) is 0 Å². The van der Waals surface area contributed by atoms with Crippen LogP contribution >= 0.6 is 22.9 Å². The van der Waals surface area contributed by atoms with Crippen LogP contribution in [-0.2, 0) is 21.2 Å². The van der Waals surface area contributed by atoms with Gasteiger partial charge in [0.25, 0.3) is 0 Å². The second-order valence-corrected chi connectivity index (χ2v) is 8.91. The van der Waals surface area contributed by atoms with Crippen LogP contribution in [0.1, 0.15) is 4.88 Å². The fraction of sp³-hybridized carbons (Fsp3) is 0.312. The minimum atomic E-state index is -3.57. The summed E-state index contributed by atoms with van der Waals surface area (Å²) in [6, 6.07) is 10.1. The summed E-state index contributed by atoms with van der Waals surface area (Å²) in [5.74, 6) is 0.0391. The zero-order valence-electron chi connectivity index (χ0n) is 12.9. The summed E-state index contributed by atoms with van der Waals surface area (Å²) in [4.78, 5) is 15.2. The van der Waals surface area contributed by atoms with Crippen LogP contribution in [0.4, 0.5) is 0 Å². The van der Waals surface area contributed by atoms with Crippen molar-refractivity contribution in [2.24, 2.45) is 0 Å². The van der Waals surface area contributed by atoms with Crippen molar-refractivity contribution in [1.82, 2.24) is 9.21 Å². The topological polar surface area (TPSA) is 57.7 Å². The Labute approximate surface area is 150 Å². The Hall–Kier alpha value is -1.41. The number of carbonyl (C=O) groups is 1. The molecule has 1 fully saturated rings. The molecule has 5 nitrogen and oxygen atoms in total. The van der Waals surface area contributed by atoms with Gasteiger partial charge in [-0.1, -0.05) is 23.7 Å². The highest BCUT2D eigenvalue weighted by atomic mass is 35.5. The van der Waals surface area contributed by atoms with Gasteiger partial charge in [0.05, 0.1) is 11.3 Å². The molecule has 0 saturated carbocycles. The van der Waals surface area contributed by atoms with Crippen molar-refractivity contribution in [2.45, 2.75) is 11.3 Å². The molecule has 128 valence electrons. The maximum Gasteiger partial charge on any atom is 0.243 e. The largest absolute Gasteiger partial charge is 0.340 e. The summed E-state index contributed by atoms with van der Waals surface area (Å²) in [5, 5.41) is 2.33. The fourth-order valence-electron chi connectivity index (χ4n) is 2.63. The van der Waals surface area contributed by atoms with Gasteiger partial charge in [0.1, 0.15) is 0 Å². The van der Waals surface area contributed by atoms with Crippen molar-refractivity contribution in [1.29, 1.82) is 0 Å². The van der Waals surface area contributed by atoms with Crippen molar-refractivity contribution in [3.05, 3.63) is 51.7 Å². The van der Waals surface area contributed by atoms with Crippen molar-refractivity contribution >= 4 is 38.9 Å². The standard InChI is InChI=1S/C16H17ClN2O3S2/c17-13-3-1-5-15(11-13)24(21,22)19-8-6-18(7-9-19)16(20)12-14-4-2-10-23-14/h1-5,10-11H,6-9,12H2. The summed E-state index contributed by atoms with van der Waals surface area (Å²) >= 11 is 7.44. The minimum Gasteiger partial charge on any atom is -0.340 e. The van der Waals surface area contributed by atoms with E-state index in [1.54, 1.807) is 28.4 Å². The van der Waals surface area contributed by atoms with Gasteiger partial charge in [0.15, 0.2) is 0 Å². The van der Waals surface area contributed by atoms with Crippen LogP contribution in [0, 0.1) is 0 Å². The molecule has 24 heavy (non-hydrogen) atoms. The first-order valence-electron chi connectivity index (χ1n) is 7.53. The van der Waals surface area contributed by atoms with Gasteiger partial charge in [-0.05, 0) is 29.6 Å². The lowest BCUT2D eigenvalue weighted by Gasteiger charge is -2.34. The summed E-state index contributed by atoms with van der Waals surface area (Å²) in [6.45, 7) is 1.41. The molecule has 0 aliphatic carbocycles. The number of sulfonamides is 1. The van der Waals surface area contributed by atoms with Gasteiger partial charge in [-0.2, -0.15) is 4.31 Å². The number of nitrogens with zero attached hydrogens (tertiary/aromatic N) is 2. The fourth-order valence-corrected chi connectivity index (χ4v) is 5.05. The molecule has 2 aromatic rings. The molecule has 3 rings (SSSR count). The first-order valence-corrected chi connectivity index (χ1v) is 10.2. The average molecular weight is 385 g/mol. The molecule has 8 heteroatoms. The van der Waals surface area contributed by atoms with Gasteiger partial charge in [-0.15, -0.1) is 11.3 Å². The number of piperazine rings is 1. The normalized spacial score (nSPS) is 16.3. The molecular formula is C16H17ClN2O3S2. The van der Waals surface area contributed by atoms with E-state index in [4.69, 9.17) is 11.6 Å². The molecule has 0 bridgehead atoms. The number of benzene rings is 1. The predicted octanol–water partition coefficient (Wildman–Crippen LogP) is 2.48. The van der Waals surface area contributed by atoms with E-state index >= 15 is 0 Å². The monoisotopic (exact) mass is 384 g/mol. The Morgan fingerprint density at radius 2 is 1.88 bits per heavy atom. The lowest BCUT2D eigenvalue weighted by atomic mass is 10.3. The average Bonchev–Trinajstić information content (AvgIpc) is 3.08. The van der Waals surface area contributed by atoms with E-state index in [1.165, 1.54) is 16.4 Å². The zero-order valence-corrected chi connectivity index (χ0v) is 15.3. The molecule has 1 amide bonds. The zero-order chi connectivity index (χ0) is 17.2. The number of rotatable bonds is 4. The Balaban J connectivity index is 1.63. The van der Waals surface area contributed by atoms with Crippen molar-refractivity contribution in [3.63, 3.8) is 0 Å². The maximum absolute atomic E-state index is 12.6. The number of halogens is 1. The van der Waals surface area contributed by atoms with E-state index in [2.05, 4.69) is 0 Å². The van der Waals surface area contributed by atoms with E-state index < -0.39 is 10.0 Å². The highest BCUT2D eigenvalue weighted by Gasteiger charge is 2.30. The highest BCUT2D eigenvalue weighted by molar-refractivity contribution is 7.89. The van der Waals surface area contributed by atoms with Gasteiger partial charge in [-0.25, -0.2) is 8.42 Å². The third kappa shape index (κ3) is 3.80. The van der Waals surface area contributed by atoms with E-state index in [0.29, 0.717) is 37.6 Å². The number of thiophene rings is 1. The SMILES string of the molecule is O=C(Cc1cccs1)N1CCN(S(=O)(=O)c2cccc(Cl)c2)CC1. The Morgan fingerprint density at radius 1 is 1.12 bits per heavy atom. The summed E-state index contributed by atoms with van der Waals surface area (Å²) in [5.41, 5.74) is 0. The molecular weight excluding hydrogens is 368 g/mol. The third-order valence-electron chi connectivity index (χ3n) is 3.93. The molecule has 2 heterocycles. The molecule has 0 N–H and O–H groups in total. The smallest absolute Gasteiger partial charge is 0.243 e. The van der Waals surface area contributed by atoms with Crippen LogP contribution in [0.2, 0.25) is 5.02 Å². The molecule has 0 unspecified atom stereocenters. The summed E-state index contributed by atoms with van der Waals surface area (Å²) in [7, 11) is -3.57. The number of amides is 1. The van der Waals surface area contributed by atoms with Gasteiger partial charge in [0, 0.05) is 36.1 Å². The van der Waals surface area contributed by atoms with Gasteiger partial charge in [-0.3, -0.25) is 4.79 Å². The van der Waals surface area contributed by atoms with E-state index in [-0.39, 0.29) is 10.8 Å².